The summed E-state index contributed by atoms with van der Waals surface area (Å²) in [4.78, 5) is 13.2. The molecule has 5 heteroatoms. The summed E-state index contributed by atoms with van der Waals surface area (Å²) < 4.78 is 11.1. The number of ether oxygens (including phenoxy) is 1. The first-order valence-corrected chi connectivity index (χ1v) is 8.26. The van der Waals surface area contributed by atoms with E-state index in [1.54, 1.807) is 12.5 Å². The Kier molecular flexibility index (Phi) is 3.99. The van der Waals surface area contributed by atoms with Crippen molar-refractivity contribution in [3.05, 3.63) is 59.7 Å². The number of rotatable bonds is 4. The maximum Gasteiger partial charge on any atom is 0.214 e. The molecular weight excluding hydrogens is 302 g/mol. The molecule has 0 radical (unpaired) electrons. The van der Waals surface area contributed by atoms with Crippen molar-refractivity contribution in [2.45, 2.75) is 39.2 Å². The summed E-state index contributed by atoms with van der Waals surface area (Å²) in [5, 5.41) is 0. The number of nitrogens with zero attached hydrogens (tertiary/aromatic N) is 3. The molecule has 24 heavy (non-hydrogen) atoms. The maximum atomic E-state index is 5.88. The highest BCUT2D eigenvalue weighted by atomic mass is 16.5. The van der Waals surface area contributed by atoms with Crippen LogP contribution in [0.1, 0.15) is 35.7 Å². The van der Waals surface area contributed by atoms with Gasteiger partial charge in [-0.05, 0) is 42.9 Å². The summed E-state index contributed by atoms with van der Waals surface area (Å²) >= 11 is 0. The largest absolute Gasteiger partial charge is 0.471 e. The molecule has 0 saturated heterocycles. The van der Waals surface area contributed by atoms with Crippen LogP contribution in [0.3, 0.4) is 0 Å². The van der Waals surface area contributed by atoms with Crippen LogP contribution in [0, 0.1) is 6.92 Å². The Labute approximate surface area is 140 Å². The molecule has 1 aliphatic carbocycles. The second kappa shape index (κ2) is 6.43. The number of fused-ring (bicyclic) bond motifs is 1. The van der Waals surface area contributed by atoms with Crippen LogP contribution in [0.15, 0.2) is 41.3 Å². The van der Waals surface area contributed by atoms with Gasteiger partial charge in [0, 0.05) is 36.6 Å². The van der Waals surface area contributed by atoms with Crippen molar-refractivity contribution in [2.24, 2.45) is 0 Å². The van der Waals surface area contributed by atoms with E-state index in [4.69, 9.17) is 14.1 Å². The molecule has 0 aliphatic heterocycles. The minimum Gasteiger partial charge on any atom is -0.471 e. The number of hydrogen-bond acceptors (Lipinski definition) is 5. The van der Waals surface area contributed by atoms with Crippen molar-refractivity contribution in [3.8, 4) is 17.0 Å². The lowest BCUT2D eigenvalue weighted by molar-refractivity contribution is 0.287. The standard InChI is InChI=1S/C19H19N3O2/c1-13-21-15(11-23-13)12-24-19-9-17(14-5-4-8-20-10-14)16-6-2-3-7-18(16)22-19/h4-5,8-11H,2-3,6-7,12H2,1H3. The summed E-state index contributed by atoms with van der Waals surface area (Å²) in [5.41, 5.74) is 5.54. The zero-order valence-electron chi connectivity index (χ0n) is 13.7. The van der Waals surface area contributed by atoms with Crippen molar-refractivity contribution in [3.63, 3.8) is 0 Å². The molecule has 3 heterocycles. The monoisotopic (exact) mass is 321 g/mol. The maximum absolute atomic E-state index is 5.88. The average molecular weight is 321 g/mol. The molecule has 0 unspecified atom stereocenters. The molecular formula is C19H19N3O2. The van der Waals surface area contributed by atoms with Crippen LogP contribution in [-0.4, -0.2) is 15.0 Å². The summed E-state index contributed by atoms with van der Waals surface area (Å²) in [6, 6.07) is 6.07. The molecule has 1 aliphatic rings. The van der Waals surface area contributed by atoms with E-state index < -0.39 is 0 Å². The molecule has 122 valence electrons. The highest BCUT2D eigenvalue weighted by Gasteiger charge is 2.18. The minimum atomic E-state index is 0.357. The number of oxazole rings is 1. The van der Waals surface area contributed by atoms with Crippen LogP contribution in [0.5, 0.6) is 5.88 Å². The quantitative estimate of drug-likeness (QED) is 0.729. The van der Waals surface area contributed by atoms with Crippen LogP contribution in [0.4, 0.5) is 0 Å². The average Bonchev–Trinajstić information content (AvgIpc) is 3.05. The van der Waals surface area contributed by atoms with Crippen LogP contribution < -0.4 is 4.74 Å². The third-order valence-corrected chi connectivity index (χ3v) is 4.28. The van der Waals surface area contributed by atoms with Crippen molar-refractivity contribution < 1.29 is 9.15 Å². The second-order valence-electron chi connectivity index (χ2n) is 6.03. The zero-order valence-corrected chi connectivity index (χ0v) is 13.7. The van der Waals surface area contributed by atoms with Gasteiger partial charge < -0.3 is 9.15 Å². The SMILES string of the molecule is Cc1nc(COc2cc(-c3cccnc3)c3c(n2)CCCC3)co1. The lowest BCUT2D eigenvalue weighted by Gasteiger charge is -2.20. The molecule has 0 aromatic carbocycles. The first-order chi connectivity index (χ1) is 11.8. The van der Waals surface area contributed by atoms with Gasteiger partial charge in [0.05, 0.1) is 0 Å². The summed E-state index contributed by atoms with van der Waals surface area (Å²) in [7, 11) is 0. The highest BCUT2D eigenvalue weighted by Crippen LogP contribution is 2.33. The van der Waals surface area contributed by atoms with E-state index in [2.05, 4.69) is 16.0 Å². The molecule has 0 N–H and O–H groups in total. The topological polar surface area (TPSA) is 61.0 Å². The highest BCUT2D eigenvalue weighted by molar-refractivity contribution is 5.68. The minimum absolute atomic E-state index is 0.357. The Morgan fingerprint density at radius 2 is 2.12 bits per heavy atom. The molecule has 0 saturated carbocycles. The fourth-order valence-corrected chi connectivity index (χ4v) is 3.15. The van der Waals surface area contributed by atoms with Crippen LogP contribution in [0.2, 0.25) is 0 Å². The van der Waals surface area contributed by atoms with Gasteiger partial charge in [-0.15, -0.1) is 0 Å². The zero-order chi connectivity index (χ0) is 16.4. The molecule has 0 amide bonds. The molecule has 4 rings (SSSR count). The number of hydrogen-bond donors (Lipinski definition) is 0. The molecule has 3 aromatic heterocycles. The van der Waals surface area contributed by atoms with Gasteiger partial charge in [0.2, 0.25) is 5.88 Å². The molecule has 0 atom stereocenters. The summed E-state index contributed by atoms with van der Waals surface area (Å²) in [6.45, 7) is 2.18. The van der Waals surface area contributed by atoms with Gasteiger partial charge in [0.1, 0.15) is 18.6 Å². The molecule has 3 aromatic rings. The van der Waals surface area contributed by atoms with E-state index in [0.29, 0.717) is 18.4 Å². The van der Waals surface area contributed by atoms with Crippen LogP contribution in [-0.2, 0) is 19.4 Å². The van der Waals surface area contributed by atoms with Crippen molar-refractivity contribution >= 4 is 0 Å². The Hall–Kier alpha value is -2.69. The van der Waals surface area contributed by atoms with E-state index in [9.17, 15) is 0 Å². The number of aromatic nitrogens is 3. The lowest BCUT2D eigenvalue weighted by atomic mass is 9.90. The lowest BCUT2D eigenvalue weighted by Crippen LogP contribution is -2.09. The fraction of sp³-hybridized carbons (Fsp3) is 0.316. The third kappa shape index (κ3) is 3.02. The third-order valence-electron chi connectivity index (χ3n) is 4.28. The van der Waals surface area contributed by atoms with Gasteiger partial charge in [-0.2, -0.15) is 0 Å². The Balaban J connectivity index is 1.67. The molecule has 0 spiro atoms. The van der Waals surface area contributed by atoms with Crippen LogP contribution >= 0.6 is 0 Å². The summed E-state index contributed by atoms with van der Waals surface area (Å²) in [5.74, 6) is 1.28. The van der Waals surface area contributed by atoms with Gasteiger partial charge in [-0.25, -0.2) is 9.97 Å². The predicted octanol–water partition coefficient (Wildman–Crippen LogP) is 3.90. The normalized spacial score (nSPS) is 13.5. The Morgan fingerprint density at radius 1 is 1.21 bits per heavy atom. The van der Waals surface area contributed by atoms with Gasteiger partial charge >= 0.3 is 0 Å². The van der Waals surface area contributed by atoms with Gasteiger partial charge in [-0.3, -0.25) is 4.98 Å². The first-order valence-electron chi connectivity index (χ1n) is 8.26. The predicted molar refractivity (Wildman–Crippen MR) is 89.7 cm³/mol. The van der Waals surface area contributed by atoms with Gasteiger partial charge in [0.25, 0.3) is 0 Å². The first kappa shape index (κ1) is 14.9. The van der Waals surface area contributed by atoms with E-state index >= 15 is 0 Å². The molecule has 0 bridgehead atoms. The smallest absolute Gasteiger partial charge is 0.214 e. The van der Waals surface area contributed by atoms with E-state index in [1.807, 2.05) is 25.3 Å². The fourth-order valence-electron chi connectivity index (χ4n) is 3.15. The Morgan fingerprint density at radius 3 is 2.92 bits per heavy atom. The van der Waals surface area contributed by atoms with Crippen LogP contribution in [0.25, 0.3) is 11.1 Å². The molecule has 5 nitrogen and oxygen atoms in total. The van der Waals surface area contributed by atoms with E-state index in [0.717, 1.165) is 29.8 Å². The van der Waals surface area contributed by atoms with Crippen molar-refractivity contribution in [1.82, 2.24) is 15.0 Å². The van der Waals surface area contributed by atoms with Crippen molar-refractivity contribution in [1.29, 1.82) is 0 Å². The molecule has 0 fully saturated rings. The summed E-state index contributed by atoms with van der Waals surface area (Å²) in [6.07, 6.45) is 9.77. The number of pyridine rings is 2. The van der Waals surface area contributed by atoms with E-state index in [1.165, 1.54) is 24.0 Å². The van der Waals surface area contributed by atoms with Gasteiger partial charge in [-0.1, -0.05) is 6.07 Å². The van der Waals surface area contributed by atoms with E-state index in [-0.39, 0.29) is 0 Å². The van der Waals surface area contributed by atoms with Gasteiger partial charge in [0.15, 0.2) is 5.89 Å². The van der Waals surface area contributed by atoms with Crippen molar-refractivity contribution in [2.75, 3.05) is 0 Å². The number of aryl methyl sites for hydroxylation is 2. The Bertz CT molecular complexity index is 843. The second-order valence-corrected chi connectivity index (χ2v) is 6.03.